The number of carbonyl (C=O) groups excluding carboxylic acids is 1. The van der Waals surface area contributed by atoms with Crippen LogP contribution in [0.25, 0.3) is 0 Å². The molecule has 0 spiro atoms. The monoisotopic (exact) mass is 445 g/mol. The van der Waals surface area contributed by atoms with Gasteiger partial charge in [0.2, 0.25) is 0 Å². The predicted octanol–water partition coefficient (Wildman–Crippen LogP) is 4.48. The predicted molar refractivity (Wildman–Crippen MR) is 128 cm³/mol. The van der Waals surface area contributed by atoms with Crippen molar-refractivity contribution in [3.63, 3.8) is 0 Å². The van der Waals surface area contributed by atoms with E-state index in [4.69, 9.17) is 9.47 Å². The molecule has 6 heteroatoms. The molecule has 172 valence electrons. The molecule has 1 aliphatic rings. The lowest BCUT2D eigenvalue weighted by molar-refractivity contribution is 0.0872. The van der Waals surface area contributed by atoms with Crippen LogP contribution >= 0.6 is 0 Å². The third kappa shape index (κ3) is 5.71. The lowest BCUT2D eigenvalue weighted by Crippen LogP contribution is -2.43. The lowest BCUT2D eigenvalue weighted by atomic mass is 9.88. The highest BCUT2D eigenvalue weighted by atomic mass is 16.5. The van der Waals surface area contributed by atoms with Gasteiger partial charge in [0.25, 0.3) is 5.91 Å². The number of piperidine rings is 1. The Balaban J connectivity index is 1.53. The lowest BCUT2D eigenvalue weighted by Gasteiger charge is -2.37. The van der Waals surface area contributed by atoms with Crippen molar-refractivity contribution < 1.29 is 14.3 Å². The number of amides is 1. The van der Waals surface area contributed by atoms with Crippen molar-refractivity contribution in [2.75, 3.05) is 27.3 Å². The van der Waals surface area contributed by atoms with Crippen LogP contribution in [0.4, 0.5) is 0 Å². The Hall–Kier alpha value is -3.38. The largest absolute Gasteiger partial charge is 0.497 e. The van der Waals surface area contributed by atoms with Crippen LogP contribution in [-0.2, 0) is 6.54 Å². The van der Waals surface area contributed by atoms with Crippen LogP contribution in [0.2, 0.25) is 0 Å². The van der Waals surface area contributed by atoms with Crippen LogP contribution in [0.1, 0.15) is 40.5 Å². The summed E-state index contributed by atoms with van der Waals surface area (Å²) in [5, 5.41) is 3.27. The Kier molecular flexibility index (Phi) is 7.58. The van der Waals surface area contributed by atoms with Gasteiger partial charge in [0.1, 0.15) is 11.5 Å². The molecule has 2 atom stereocenters. The maximum atomic E-state index is 13.2. The summed E-state index contributed by atoms with van der Waals surface area (Å²) in [6.45, 7) is 2.76. The van der Waals surface area contributed by atoms with E-state index >= 15 is 0 Å². The summed E-state index contributed by atoms with van der Waals surface area (Å²) in [6.07, 6.45) is 3.89. The molecule has 2 heterocycles. The normalized spacial score (nSPS) is 17.2. The van der Waals surface area contributed by atoms with E-state index in [-0.39, 0.29) is 17.9 Å². The first-order valence-corrected chi connectivity index (χ1v) is 11.4. The van der Waals surface area contributed by atoms with Crippen molar-refractivity contribution in [2.45, 2.75) is 25.4 Å². The third-order valence-corrected chi connectivity index (χ3v) is 6.20. The van der Waals surface area contributed by atoms with Gasteiger partial charge >= 0.3 is 0 Å². The summed E-state index contributed by atoms with van der Waals surface area (Å²) in [5.74, 6) is 1.54. The fourth-order valence-electron chi connectivity index (χ4n) is 4.58. The average Bonchev–Trinajstić information content (AvgIpc) is 2.88. The van der Waals surface area contributed by atoms with E-state index in [1.807, 2.05) is 42.5 Å². The number of nitrogens with zero attached hydrogens (tertiary/aromatic N) is 2. The quantitative estimate of drug-likeness (QED) is 0.554. The number of rotatable bonds is 8. The molecular formula is C27H31N3O3. The molecule has 1 amide bonds. The Bertz CT molecular complexity index is 1060. The fraction of sp³-hybridized carbons (Fsp3) is 0.333. The number of likely N-dealkylation sites (tertiary alicyclic amines) is 1. The summed E-state index contributed by atoms with van der Waals surface area (Å²) in [6, 6.07) is 21.2. The van der Waals surface area contributed by atoms with Gasteiger partial charge < -0.3 is 14.8 Å². The molecule has 1 fully saturated rings. The molecule has 1 N–H and O–H groups in total. The molecule has 0 radical (unpaired) electrons. The van der Waals surface area contributed by atoms with Gasteiger partial charge in [-0.1, -0.05) is 30.3 Å². The number of methoxy groups -OCH3 is 2. The van der Waals surface area contributed by atoms with Gasteiger partial charge in [-0.05, 0) is 67.3 Å². The summed E-state index contributed by atoms with van der Waals surface area (Å²) >= 11 is 0. The molecule has 0 bridgehead atoms. The molecule has 2 aromatic carbocycles. The second-order valence-corrected chi connectivity index (χ2v) is 8.39. The molecule has 33 heavy (non-hydrogen) atoms. The van der Waals surface area contributed by atoms with E-state index in [2.05, 4.69) is 27.3 Å². The zero-order valence-corrected chi connectivity index (χ0v) is 19.2. The summed E-state index contributed by atoms with van der Waals surface area (Å²) in [5.41, 5.74) is 2.64. The fourth-order valence-corrected chi connectivity index (χ4v) is 4.58. The number of hydrogen-bond donors (Lipinski definition) is 1. The Labute approximate surface area is 195 Å². The molecule has 2 unspecified atom stereocenters. The second-order valence-electron chi connectivity index (χ2n) is 8.39. The molecular weight excluding hydrogens is 414 g/mol. The number of ether oxygens (including phenoxy) is 2. The minimum absolute atomic E-state index is 0.145. The van der Waals surface area contributed by atoms with Crippen molar-refractivity contribution in [2.24, 2.45) is 5.92 Å². The van der Waals surface area contributed by atoms with E-state index in [1.54, 1.807) is 32.5 Å². The highest BCUT2D eigenvalue weighted by Gasteiger charge is 2.31. The first kappa shape index (κ1) is 22.8. The van der Waals surface area contributed by atoms with Gasteiger partial charge in [-0.3, -0.25) is 14.7 Å². The van der Waals surface area contributed by atoms with Gasteiger partial charge in [-0.2, -0.15) is 0 Å². The molecule has 1 aromatic heterocycles. The van der Waals surface area contributed by atoms with E-state index in [0.29, 0.717) is 11.3 Å². The summed E-state index contributed by atoms with van der Waals surface area (Å²) in [4.78, 5) is 20.3. The van der Waals surface area contributed by atoms with Crippen molar-refractivity contribution >= 4 is 5.91 Å². The maximum Gasteiger partial charge on any atom is 0.255 e. The molecule has 0 saturated carbocycles. The van der Waals surface area contributed by atoms with E-state index in [9.17, 15) is 4.79 Å². The molecule has 1 saturated heterocycles. The molecule has 4 rings (SSSR count). The minimum atomic E-state index is -0.184. The van der Waals surface area contributed by atoms with Crippen LogP contribution in [0.15, 0.2) is 72.9 Å². The van der Waals surface area contributed by atoms with Crippen molar-refractivity contribution in [1.29, 1.82) is 0 Å². The zero-order chi connectivity index (χ0) is 23.0. The zero-order valence-electron chi connectivity index (χ0n) is 19.2. The summed E-state index contributed by atoms with van der Waals surface area (Å²) < 4.78 is 10.8. The Morgan fingerprint density at radius 2 is 1.94 bits per heavy atom. The van der Waals surface area contributed by atoms with Gasteiger partial charge in [0, 0.05) is 19.3 Å². The number of hydrogen-bond acceptors (Lipinski definition) is 5. The second kappa shape index (κ2) is 11.0. The maximum absolute atomic E-state index is 13.2. The van der Waals surface area contributed by atoms with Crippen molar-refractivity contribution in [3.8, 4) is 11.5 Å². The van der Waals surface area contributed by atoms with E-state index in [0.717, 1.165) is 43.9 Å². The molecule has 1 aliphatic heterocycles. The highest BCUT2D eigenvalue weighted by Crippen LogP contribution is 2.31. The first-order chi connectivity index (χ1) is 16.2. The molecule has 3 aromatic rings. The number of carbonyl (C=O) groups is 1. The van der Waals surface area contributed by atoms with E-state index < -0.39 is 0 Å². The average molecular weight is 446 g/mol. The van der Waals surface area contributed by atoms with Crippen LogP contribution in [0.3, 0.4) is 0 Å². The van der Waals surface area contributed by atoms with Crippen molar-refractivity contribution in [1.82, 2.24) is 15.2 Å². The minimum Gasteiger partial charge on any atom is -0.497 e. The van der Waals surface area contributed by atoms with Crippen LogP contribution in [0.5, 0.6) is 11.5 Å². The number of para-hydroxylation sites is 1. The SMILES string of the molecule is COc1cccc(CN2CCCC(C(NC(=O)c3ccccc3OC)c3ccccn3)C2)c1. The Morgan fingerprint density at radius 1 is 1.09 bits per heavy atom. The standard InChI is InChI=1S/C27H31N3O3/c1-32-22-11-7-9-20(17-22)18-30-16-8-10-21(19-30)26(24-13-5-6-15-28-24)29-27(31)23-12-3-4-14-25(23)33-2/h3-7,9,11-15,17,21,26H,8,10,16,18-19H2,1-2H3,(H,29,31). The van der Waals surface area contributed by atoms with Gasteiger partial charge in [-0.25, -0.2) is 0 Å². The molecule has 6 nitrogen and oxygen atoms in total. The van der Waals surface area contributed by atoms with Gasteiger partial charge in [0.05, 0.1) is 31.5 Å². The van der Waals surface area contributed by atoms with Crippen LogP contribution in [-0.4, -0.2) is 43.1 Å². The topological polar surface area (TPSA) is 63.7 Å². The number of pyridine rings is 1. The Morgan fingerprint density at radius 3 is 2.73 bits per heavy atom. The smallest absolute Gasteiger partial charge is 0.255 e. The van der Waals surface area contributed by atoms with Crippen LogP contribution < -0.4 is 14.8 Å². The van der Waals surface area contributed by atoms with Crippen molar-refractivity contribution in [3.05, 3.63) is 89.7 Å². The molecule has 0 aliphatic carbocycles. The highest BCUT2D eigenvalue weighted by molar-refractivity contribution is 5.97. The van der Waals surface area contributed by atoms with Crippen LogP contribution in [0, 0.1) is 5.92 Å². The number of aromatic nitrogens is 1. The summed E-state index contributed by atoms with van der Waals surface area (Å²) in [7, 11) is 3.28. The third-order valence-electron chi connectivity index (χ3n) is 6.20. The number of benzene rings is 2. The van der Waals surface area contributed by atoms with Gasteiger partial charge in [0.15, 0.2) is 0 Å². The van der Waals surface area contributed by atoms with Gasteiger partial charge in [-0.15, -0.1) is 0 Å². The van der Waals surface area contributed by atoms with E-state index in [1.165, 1.54) is 5.56 Å². The first-order valence-electron chi connectivity index (χ1n) is 11.4. The number of nitrogens with one attached hydrogen (secondary N) is 1.